The highest BCUT2D eigenvalue weighted by Crippen LogP contribution is 2.05. The Bertz CT molecular complexity index is 198. The van der Waals surface area contributed by atoms with Crippen LogP contribution in [0.15, 0.2) is 0 Å². The van der Waals surface area contributed by atoms with Crippen LogP contribution in [0.4, 0.5) is 0 Å². The Morgan fingerprint density at radius 1 is 1.12 bits per heavy atom. The largest absolute Gasteiger partial charge is 0.320 e. The number of rotatable bonds is 10. The highest BCUT2D eigenvalue weighted by atomic mass is 16.5. The van der Waals surface area contributed by atoms with Crippen LogP contribution in [0.3, 0.4) is 0 Å². The normalized spacial score (nSPS) is 12.5. The van der Waals surface area contributed by atoms with E-state index in [2.05, 4.69) is 13.8 Å². The highest BCUT2D eigenvalue weighted by molar-refractivity contribution is 5.80. The second kappa shape index (κ2) is 10.5. The Hall–Kier alpha value is -0.610. The molecule has 1 atom stereocenters. The number of nitrogens with two attached hydrogens (primary N) is 1. The van der Waals surface area contributed by atoms with Gasteiger partial charge in [0.2, 0.25) is 0 Å². The molecule has 0 aromatic heterocycles. The van der Waals surface area contributed by atoms with Gasteiger partial charge in [-0.05, 0) is 12.8 Å². The van der Waals surface area contributed by atoms with E-state index < -0.39 is 6.04 Å². The minimum Gasteiger partial charge on any atom is -0.320 e. The van der Waals surface area contributed by atoms with Crippen molar-refractivity contribution in [1.29, 1.82) is 0 Å². The van der Waals surface area contributed by atoms with Gasteiger partial charge in [0.25, 0.3) is 5.91 Å². The summed E-state index contributed by atoms with van der Waals surface area (Å²) in [6, 6.07) is -0.546. The predicted molar refractivity (Wildman–Crippen MR) is 69.8 cm³/mol. The second-order valence-corrected chi connectivity index (χ2v) is 4.62. The highest BCUT2D eigenvalue weighted by Gasteiger charge is 2.18. The van der Waals surface area contributed by atoms with E-state index in [4.69, 9.17) is 5.73 Å². The van der Waals surface area contributed by atoms with E-state index in [9.17, 15) is 10.0 Å². The van der Waals surface area contributed by atoms with E-state index in [1.165, 1.54) is 19.3 Å². The zero-order valence-corrected chi connectivity index (χ0v) is 11.3. The van der Waals surface area contributed by atoms with Gasteiger partial charge >= 0.3 is 0 Å². The van der Waals surface area contributed by atoms with E-state index in [1.54, 1.807) is 0 Å². The first-order chi connectivity index (χ1) is 8.13. The lowest BCUT2D eigenvalue weighted by Gasteiger charge is -2.19. The fraction of sp³-hybridized carbons (Fsp3) is 0.923. The molecule has 3 N–H and O–H groups in total. The molecule has 0 unspecified atom stereocenters. The van der Waals surface area contributed by atoms with Gasteiger partial charge in [-0.3, -0.25) is 10.0 Å². The number of carbonyl (C=O) groups excluding carboxylic acids is 1. The first-order valence-electron chi connectivity index (χ1n) is 6.89. The Labute approximate surface area is 105 Å². The molecule has 102 valence electrons. The minimum absolute atomic E-state index is 0.339. The molecular weight excluding hydrogens is 216 g/mol. The van der Waals surface area contributed by atoms with Gasteiger partial charge in [-0.25, -0.2) is 5.06 Å². The van der Waals surface area contributed by atoms with Crippen molar-refractivity contribution in [3.8, 4) is 0 Å². The van der Waals surface area contributed by atoms with Crippen molar-refractivity contribution in [3.63, 3.8) is 0 Å². The summed E-state index contributed by atoms with van der Waals surface area (Å²) in [5.74, 6) is -0.339. The molecule has 0 rings (SSSR count). The van der Waals surface area contributed by atoms with E-state index in [0.29, 0.717) is 13.0 Å². The number of amides is 1. The molecule has 0 aliphatic carbocycles. The zero-order valence-electron chi connectivity index (χ0n) is 11.3. The van der Waals surface area contributed by atoms with Gasteiger partial charge in [-0.15, -0.1) is 0 Å². The molecule has 0 spiro atoms. The Kier molecular flexibility index (Phi) is 10.2. The van der Waals surface area contributed by atoms with Crippen LogP contribution in [0.25, 0.3) is 0 Å². The predicted octanol–water partition coefficient (Wildman–Crippen LogP) is 2.69. The second-order valence-electron chi connectivity index (χ2n) is 4.62. The van der Waals surface area contributed by atoms with E-state index in [-0.39, 0.29) is 5.91 Å². The van der Waals surface area contributed by atoms with E-state index in [0.717, 1.165) is 30.7 Å². The summed E-state index contributed by atoms with van der Waals surface area (Å²) >= 11 is 0. The fourth-order valence-electron chi connectivity index (χ4n) is 1.71. The third-order valence-corrected chi connectivity index (χ3v) is 2.91. The lowest BCUT2D eigenvalue weighted by molar-refractivity contribution is -0.167. The van der Waals surface area contributed by atoms with Crippen molar-refractivity contribution in [3.05, 3.63) is 0 Å². The van der Waals surface area contributed by atoms with Gasteiger partial charge in [0, 0.05) is 6.54 Å². The SMILES string of the molecule is CCCCCCCN(O)C(=O)[C@@H](N)CCCC. The van der Waals surface area contributed by atoms with Crippen molar-refractivity contribution in [2.24, 2.45) is 5.73 Å². The number of nitrogens with zero attached hydrogens (tertiary/aromatic N) is 1. The topological polar surface area (TPSA) is 66.6 Å². The summed E-state index contributed by atoms with van der Waals surface area (Å²) in [7, 11) is 0. The van der Waals surface area contributed by atoms with E-state index >= 15 is 0 Å². The fourth-order valence-corrected chi connectivity index (χ4v) is 1.71. The van der Waals surface area contributed by atoms with Crippen molar-refractivity contribution in [2.45, 2.75) is 71.3 Å². The summed E-state index contributed by atoms with van der Waals surface area (Å²) in [6.07, 6.45) is 8.09. The molecule has 0 fully saturated rings. The molecule has 0 bridgehead atoms. The monoisotopic (exact) mass is 244 g/mol. The van der Waals surface area contributed by atoms with Crippen LogP contribution in [0.5, 0.6) is 0 Å². The minimum atomic E-state index is -0.546. The molecule has 4 nitrogen and oxygen atoms in total. The maximum absolute atomic E-state index is 11.6. The summed E-state index contributed by atoms with van der Waals surface area (Å²) in [5.41, 5.74) is 5.70. The molecule has 0 heterocycles. The van der Waals surface area contributed by atoms with Crippen molar-refractivity contribution < 1.29 is 10.0 Å². The van der Waals surface area contributed by atoms with Crippen LogP contribution in [-0.2, 0) is 4.79 Å². The van der Waals surface area contributed by atoms with E-state index in [1.807, 2.05) is 0 Å². The molecule has 4 heteroatoms. The smallest absolute Gasteiger partial charge is 0.262 e. The molecular formula is C13H28N2O2. The first-order valence-corrected chi connectivity index (χ1v) is 6.89. The van der Waals surface area contributed by atoms with Crippen LogP contribution < -0.4 is 5.73 Å². The average Bonchev–Trinajstić information content (AvgIpc) is 2.34. The standard InChI is InChI=1S/C13H28N2O2/c1-3-5-7-8-9-11-15(17)13(16)12(14)10-6-4-2/h12,17H,3-11,14H2,1-2H3/t12-/m0/s1. The first kappa shape index (κ1) is 16.4. The van der Waals surface area contributed by atoms with Crippen LogP contribution in [0.2, 0.25) is 0 Å². The average molecular weight is 244 g/mol. The quantitative estimate of drug-likeness (QED) is 0.353. The molecule has 0 aromatic carbocycles. The van der Waals surface area contributed by atoms with Crippen molar-refractivity contribution >= 4 is 5.91 Å². The summed E-state index contributed by atoms with van der Waals surface area (Å²) in [6.45, 7) is 4.62. The van der Waals surface area contributed by atoms with Gasteiger partial charge < -0.3 is 5.73 Å². The van der Waals surface area contributed by atoms with Gasteiger partial charge in [-0.2, -0.15) is 0 Å². The molecule has 0 aliphatic heterocycles. The number of carbonyl (C=O) groups is 1. The molecule has 17 heavy (non-hydrogen) atoms. The molecule has 1 amide bonds. The van der Waals surface area contributed by atoms with Gasteiger partial charge in [-0.1, -0.05) is 52.4 Å². The summed E-state index contributed by atoms with van der Waals surface area (Å²) in [4.78, 5) is 11.6. The van der Waals surface area contributed by atoms with Crippen molar-refractivity contribution in [2.75, 3.05) is 6.54 Å². The van der Waals surface area contributed by atoms with Crippen LogP contribution in [-0.4, -0.2) is 28.8 Å². The van der Waals surface area contributed by atoms with Crippen LogP contribution >= 0.6 is 0 Å². The number of unbranched alkanes of at least 4 members (excludes halogenated alkanes) is 5. The molecule has 0 aromatic rings. The number of hydrogen-bond acceptors (Lipinski definition) is 3. The Morgan fingerprint density at radius 2 is 1.71 bits per heavy atom. The number of hydrogen-bond donors (Lipinski definition) is 2. The Morgan fingerprint density at radius 3 is 2.29 bits per heavy atom. The zero-order chi connectivity index (χ0) is 13.1. The van der Waals surface area contributed by atoms with Crippen LogP contribution in [0.1, 0.15) is 65.2 Å². The third kappa shape index (κ3) is 8.16. The molecule has 0 radical (unpaired) electrons. The molecule has 0 saturated heterocycles. The summed E-state index contributed by atoms with van der Waals surface area (Å²) < 4.78 is 0. The maximum Gasteiger partial charge on any atom is 0.262 e. The van der Waals surface area contributed by atoms with Gasteiger partial charge in [0.1, 0.15) is 0 Å². The Balaban J connectivity index is 3.65. The van der Waals surface area contributed by atoms with Crippen molar-refractivity contribution in [1.82, 2.24) is 5.06 Å². The lowest BCUT2D eigenvalue weighted by Crippen LogP contribution is -2.42. The maximum atomic E-state index is 11.6. The van der Waals surface area contributed by atoms with Crippen LogP contribution in [0, 0.1) is 0 Å². The van der Waals surface area contributed by atoms with Gasteiger partial charge in [0.15, 0.2) is 0 Å². The third-order valence-electron chi connectivity index (χ3n) is 2.91. The van der Waals surface area contributed by atoms with Gasteiger partial charge in [0.05, 0.1) is 6.04 Å². The lowest BCUT2D eigenvalue weighted by atomic mass is 10.1. The molecule has 0 aliphatic rings. The number of hydroxylamine groups is 2. The molecule has 0 saturated carbocycles. The summed E-state index contributed by atoms with van der Waals surface area (Å²) in [5, 5.41) is 10.3.